The molecule has 1 aromatic rings. The number of nitrogens with one attached hydrogen (secondary N) is 2. The van der Waals surface area contributed by atoms with Gasteiger partial charge in [-0.25, -0.2) is 9.79 Å². The standard InChI is InChI=1S/C25H41N5O2.HI/c1-7-15-30-16-13-22(14-17-30)28-23(26-8-2)27-18-20-9-11-21(12-10-20)19-29(6)24(31)32-25(3,4)5;/h7,9-12,22H,1,8,13-19H2,2-6H3,(H2,26,27,28);1H. The van der Waals surface area contributed by atoms with Gasteiger partial charge >= 0.3 is 6.09 Å². The summed E-state index contributed by atoms with van der Waals surface area (Å²) in [4.78, 5) is 20.9. The molecule has 1 fully saturated rings. The van der Waals surface area contributed by atoms with E-state index in [0.29, 0.717) is 19.1 Å². The van der Waals surface area contributed by atoms with Gasteiger partial charge in [0.1, 0.15) is 5.60 Å². The second kappa shape index (κ2) is 14.5. The van der Waals surface area contributed by atoms with Crippen LogP contribution >= 0.6 is 24.0 Å². The van der Waals surface area contributed by atoms with Crippen molar-refractivity contribution >= 4 is 36.0 Å². The summed E-state index contributed by atoms with van der Waals surface area (Å²) in [6.45, 7) is 16.6. The summed E-state index contributed by atoms with van der Waals surface area (Å²) in [5.74, 6) is 0.864. The first-order valence-electron chi connectivity index (χ1n) is 11.6. The Morgan fingerprint density at radius 1 is 1.24 bits per heavy atom. The predicted octanol–water partition coefficient (Wildman–Crippen LogP) is 4.38. The Morgan fingerprint density at radius 3 is 2.39 bits per heavy atom. The monoisotopic (exact) mass is 571 g/mol. The van der Waals surface area contributed by atoms with Gasteiger partial charge < -0.3 is 20.3 Å². The number of rotatable bonds is 8. The molecule has 0 saturated carbocycles. The molecular formula is C25H42IN5O2. The fraction of sp³-hybridized carbons (Fsp3) is 0.600. The first-order valence-corrected chi connectivity index (χ1v) is 11.6. The van der Waals surface area contributed by atoms with Crippen molar-refractivity contribution in [3.63, 3.8) is 0 Å². The van der Waals surface area contributed by atoms with Gasteiger partial charge in [-0.3, -0.25) is 4.90 Å². The molecule has 0 spiro atoms. The van der Waals surface area contributed by atoms with Gasteiger partial charge in [0.15, 0.2) is 5.96 Å². The van der Waals surface area contributed by atoms with E-state index in [1.165, 1.54) is 0 Å². The topological polar surface area (TPSA) is 69.2 Å². The zero-order valence-electron chi connectivity index (χ0n) is 20.9. The van der Waals surface area contributed by atoms with Crippen LogP contribution in [0.3, 0.4) is 0 Å². The third-order valence-corrected chi connectivity index (χ3v) is 5.23. The molecule has 1 aliphatic heterocycles. The number of amides is 1. The molecule has 1 amide bonds. The highest BCUT2D eigenvalue weighted by Gasteiger charge is 2.20. The predicted molar refractivity (Wildman–Crippen MR) is 147 cm³/mol. The lowest BCUT2D eigenvalue weighted by Crippen LogP contribution is -2.48. The number of benzene rings is 1. The second-order valence-corrected chi connectivity index (χ2v) is 9.36. The Hall–Kier alpha value is -1.81. The van der Waals surface area contributed by atoms with Crippen LogP contribution in [0.4, 0.5) is 4.79 Å². The summed E-state index contributed by atoms with van der Waals surface area (Å²) < 4.78 is 5.41. The Morgan fingerprint density at radius 2 is 1.85 bits per heavy atom. The van der Waals surface area contributed by atoms with Gasteiger partial charge in [-0.1, -0.05) is 30.3 Å². The molecule has 33 heavy (non-hydrogen) atoms. The number of carbonyl (C=O) groups excluding carboxylic acids is 1. The zero-order chi connectivity index (χ0) is 23.6. The highest BCUT2D eigenvalue weighted by atomic mass is 127. The van der Waals surface area contributed by atoms with E-state index in [0.717, 1.165) is 56.1 Å². The van der Waals surface area contributed by atoms with Crippen molar-refractivity contribution in [3.8, 4) is 0 Å². The van der Waals surface area contributed by atoms with Gasteiger partial charge in [0, 0.05) is 45.8 Å². The fourth-order valence-electron chi connectivity index (χ4n) is 3.55. The van der Waals surface area contributed by atoms with E-state index in [9.17, 15) is 4.79 Å². The van der Waals surface area contributed by atoms with Gasteiger partial charge in [-0.2, -0.15) is 0 Å². The van der Waals surface area contributed by atoms with Crippen LogP contribution in [0.25, 0.3) is 0 Å². The number of likely N-dealkylation sites (tertiary alicyclic amines) is 1. The highest BCUT2D eigenvalue weighted by Crippen LogP contribution is 2.13. The highest BCUT2D eigenvalue weighted by molar-refractivity contribution is 14.0. The molecule has 0 radical (unpaired) electrons. The van der Waals surface area contributed by atoms with E-state index in [2.05, 4.69) is 41.2 Å². The maximum Gasteiger partial charge on any atom is 0.410 e. The van der Waals surface area contributed by atoms with Crippen molar-refractivity contribution in [1.29, 1.82) is 0 Å². The van der Waals surface area contributed by atoms with Gasteiger partial charge in [0.2, 0.25) is 0 Å². The molecule has 1 aliphatic rings. The lowest BCUT2D eigenvalue weighted by molar-refractivity contribution is 0.0285. The maximum atomic E-state index is 12.1. The number of nitrogens with zero attached hydrogens (tertiary/aromatic N) is 3. The Labute approximate surface area is 217 Å². The molecule has 1 heterocycles. The molecule has 0 aliphatic carbocycles. The minimum Gasteiger partial charge on any atom is -0.444 e. The van der Waals surface area contributed by atoms with Crippen molar-refractivity contribution in [2.75, 3.05) is 33.2 Å². The number of hydrogen-bond donors (Lipinski definition) is 2. The molecule has 1 saturated heterocycles. The minimum absolute atomic E-state index is 0. The third-order valence-electron chi connectivity index (χ3n) is 5.23. The molecule has 0 unspecified atom stereocenters. The molecule has 8 heteroatoms. The number of hydrogen-bond acceptors (Lipinski definition) is 4. The van der Waals surface area contributed by atoms with Crippen LogP contribution < -0.4 is 10.6 Å². The number of guanidine groups is 1. The molecule has 186 valence electrons. The fourth-order valence-corrected chi connectivity index (χ4v) is 3.55. The van der Waals surface area contributed by atoms with E-state index < -0.39 is 5.60 Å². The van der Waals surface area contributed by atoms with Crippen molar-refractivity contribution in [3.05, 3.63) is 48.0 Å². The van der Waals surface area contributed by atoms with Crippen LogP contribution in [-0.2, 0) is 17.8 Å². The van der Waals surface area contributed by atoms with Crippen LogP contribution in [-0.4, -0.2) is 66.7 Å². The van der Waals surface area contributed by atoms with E-state index >= 15 is 0 Å². The normalized spacial score (nSPS) is 15.4. The molecule has 2 N–H and O–H groups in total. The van der Waals surface area contributed by atoms with Crippen LogP contribution in [0.1, 0.15) is 51.7 Å². The van der Waals surface area contributed by atoms with Crippen molar-refractivity contribution in [2.24, 2.45) is 4.99 Å². The first kappa shape index (κ1) is 29.2. The lowest BCUT2D eigenvalue weighted by Gasteiger charge is -2.32. The molecular weight excluding hydrogens is 529 g/mol. The third kappa shape index (κ3) is 11.2. The van der Waals surface area contributed by atoms with Gasteiger partial charge in [-0.15, -0.1) is 30.6 Å². The number of ether oxygens (including phenoxy) is 1. The quantitative estimate of drug-likeness (QED) is 0.210. The molecule has 0 aromatic heterocycles. The maximum absolute atomic E-state index is 12.1. The van der Waals surface area contributed by atoms with Crippen molar-refractivity contribution < 1.29 is 9.53 Å². The van der Waals surface area contributed by atoms with Crippen molar-refractivity contribution in [1.82, 2.24) is 20.4 Å². The van der Waals surface area contributed by atoms with Crippen LogP contribution in [0.15, 0.2) is 41.9 Å². The van der Waals surface area contributed by atoms with E-state index in [4.69, 9.17) is 9.73 Å². The number of aliphatic imine (C=N–C) groups is 1. The summed E-state index contributed by atoms with van der Waals surface area (Å²) in [7, 11) is 1.75. The summed E-state index contributed by atoms with van der Waals surface area (Å²) in [6, 6.07) is 8.67. The smallest absolute Gasteiger partial charge is 0.410 e. The largest absolute Gasteiger partial charge is 0.444 e. The molecule has 0 atom stereocenters. The average molecular weight is 572 g/mol. The first-order chi connectivity index (χ1) is 15.2. The van der Waals surface area contributed by atoms with E-state index in [-0.39, 0.29) is 30.1 Å². The van der Waals surface area contributed by atoms with Crippen LogP contribution in [0.5, 0.6) is 0 Å². The SMILES string of the molecule is C=CCN1CCC(NC(=NCc2ccc(CN(C)C(=O)OC(C)(C)C)cc2)NCC)CC1.I. The molecule has 0 bridgehead atoms. The van der Waals surface area contributed by atoms with E-state index in [1.54, 1.807) is 11.9 Å². The Balaban J connectivity index is 0.00000544. The molecule has 7 nitrogen and oxygen atoms in total. The number of carbonyl (C=O) groups is 1. The Kier molecular flexibility index (Phi) is 12.8. The van der Waals surface area contributed by atoms with Gasteiger partial charge in [0.25, 0.3) is 0 Å². The average Bonchev–Trinajstić information content (AvgIpc) is 2.73. The van der Waals surface area contributed by atoms with Gasteiger partial charge in [-0.05, 0) is 51.7 Å². The minimum atomic E-state index is -0.492. The van der Waals surface area contributed by atoms with Crippen molar-refractivity contribution in [2.45, 2.75) is 65.3 Å². The number of halogens is 1. The molecule has 1 aromatic carbocycles. The summed E-state index contributed by atoms with van der Waals surface area (Å²) in [5.41, 5.74) is 1.70. The summed E-state index contributed by atoms with van der Waals surface area (Å²) >= 11 is 0. The van der Waals surface area contributed by atoms with Crippen LogP contribution in [0.2, 0.25) is 0 Å². The Bertz CT molecular complexity index is 753. The van der Waals surface area contributed by atoms with Gasteiger partial charge in [0.05, 0.1) is 6.54 Å². The van der Waals surface area contributed by atoms with Crippen LogP contribution in [0, 0.1) is 0 Å². The lowest BCUT2D eigenvalue weighted by atomic mass is 10.1. The summed E-state index contributed by atoms with van der Waals surface area (Å²) in [6.07, 6.45) is 3.87. The van der Waals surface area contributed by atoms with E-state index in [1.807, 2.05) is 39.0 Å². The number of piperidine rings is 1. The second-order valence-electron chi connectivity index (χ2n) is 9.36. The summed E-state index contributed by atoms with van der Waals surface area (Å²) in [5, 5.41) is 6.94. The zero-order valence-corrected chi connectivity index (χ0v) is 23.2. The molecule has 2 rings (SSSR count).